The van der Waals surface area contributed by atoms with Crippen LogP contribution in [-0.2, 0) is 0 Å². The van der Waals surface area contributed by atoms with E-state index in [1.807, 2.05) is 44.2 Å². The molecule has 0 aliphatic carbocycles. The third-order valence-corrected chi connectivity index (χ3v) is 5.44. The van der Waals surface area contributed by atoms with Gasteiger partial charge in [0, 0.05) is 23.7 Å². The van der Waals surface area contributed by atoms with E-state index < -0.39 is 23.2 Å². The van der Waals surface area contributed by atoms with Gasteiger partial charge in [-0.1, -0.05) is 37.3 Å². The van der Waals surface area contributed by atoms with Crippen LogP contribution >= 0.6 is 0 Å². The fraction of sp³-hybridized carbons (Fsp3) is 0.240. The fourth-order valence-electron chi connectivity index (χ4n) is 3.77. The first-order valence-corrected chi connectivity index (χ1v) is 10.6. The molecule has 2 aromatic carbocycles. The van der Waals surface area contributed by atoms with Gasteiger partial charge in [-0.2, -0.15) is 5.10 Å². The molecule has 0 aliphatic heterocycles. The van der Waals surface area contributed by atoms with Gasteiger partial charge >= 0.3 is 0 Å². The number of nitrogens with zero attached hydrogens (tertiary/aromatic N) is 3. The molecule has 2 heterocycles. The van der Waals surface area contributed by atoms with Crippen LogP contribution in [0.4, 0.5) is 4.39 Å². The lowest BCUT2D eigenvalue weighted by Crippen LogP contribution is -2.38. The summed E-state index contributed by atoms with van der Waals surface area (Å²) in [5.74, 6) is -0.393. The summed E-state index contributed by atoms with van der Waals surface area (Å²) in [5, 5.41) is 5.21. The molecule has 0 fully saturated rings. The number of hydrogen-bond acceptors (Lipinski definition) is 4. The molecule has 6 nitrogen and oxygen atoms in total. The number of rotatable bonds is 6. The number of hydrogen-bond donors (Lipinski definition) is 0. The van der Waals surface area contributed by atoms with E-state index in [9.17, 15) is 14.0 Å². The SMILES string of the molecule is CCCN(C(=O)c1nn(-c2ccccc2F)c(C)cc1=O)C(C)c1cc2ccccc2o1. The van der Waals surface area contributed by atoms with Crippen LogP contribution in [0, 0.1) is 12.7 Å². The highest BCUT2D eigenvalue weighted by Crippen LogP contribution is 2.28. The standard InChI is InChI=1S/C25H24FN3O3/c1-4-13-28(17(3)23-15-18-9-5-8-12-22(18)32-23)25(31)24-21(30)14-16(2)29(27-24)20-11-7-6-10-19(20)26/h5-12,14-15,17H,4,13H2,1-3H3. The average molecular weight is 433 g/mol. The molecular weight excluding hydrogens is 409 g/mol. The van der Waals surface area contributed by atoms with Crippen molar-refractivity contribution in [3.05, 3.63) is 93.9 Å². The van der Waals surface area contributed by atoms with Crippen LogP contribution in [0.5, 0.6) is 0 Å². The van der Waals surface area contributed by atoms with E-state index >= 15 is 0 Å². The van der Waals surface area contributed by atoms with E-state index in [4.69, 9.17) is 4.42 Å². The van der Waals surface area contributed by atoms with E-state index in [1.165, 1.54) is 16.8 Å². The number of carbonyl (C=O) groups excluding carboxylic acids is 1. The van der Waals surface area contributed by atoms with Crippen molar-refractivity contribution in [2.45, 2.75) is 33.2 Å². The molecule has 0 N–H and O–H groups in total. The maximum absolute atomic E-state index is 14.4. The summed E-state index contributed by atoms with van der Waals surface area (Å²) in [7, 11) is 0. The van der Waals surface area contributed by atoms with Crippen LogP contribution in [0.25, 0.3) is 16.7 Å². The number of para-hydroxylation sites is 2. The third-order valence-electron chi connectivity index (χ3n) is 5.44. The number of fused-ring (bicyclic) bond motifs is 1. The van der Waals surface area contributed by atoms with E-state index in [-0.39, 0.29) is 11.4 Å². The molecule has 0 radical (unpaired) electrons. The van der Waals surface area contributed by atoms with Gasteiger partial charge in [0.15, 0.2) is 5.69 Å². The molecule has 4 aromatic rings. The van der Waals surface area contributed by atoms with Gasteiger partial charge in [-0.15, -0.1) is 0 Å². The van der Waals surface area contributed by atoms with E-state index in [0.29, 0.717) is 24.4 Å². The van der Waals surface area contributed by atoms with Crippen molar-refractivity contribution >= 4 is 16.9 Å². The summed E-state index contributed by atoms with van der Waals surface area (Å²) in [6, 6.07) is 16.5. The summed E-state index contributed by atoms with van der Waals surface area (Å²) >= 11 is 0. The molecule has 7 heteroatoms. The van der Waals surface area contributed by atoms with Gasteiger partial charge in [-0.05, 0) is 44.5 Å². The summed E-state index contributed by atoms with van der Waals surface area (Å²) in [6.45, 7) is 5.86. The monoisotopic (exact) mass is 433 g/mol. The smallest absolute Gasteiger partial charge is 0.279 e. The lowest BCUT2D eigenvalue weighted by molar-refractivity contribution is 0.0662. The van der Waals surface area contributed by atoms with Crippen LogP contribution in [0.2, 0.25) is 0 Å². The maximum Gasteiger partial charge on any atom is 0.279 e. The van der Waals surface area contributed by atoms with Gasteiger partial charge < -0.3 is 9.32 Å². The van der Waals surface area contributed by atoms with Crippen molar-refractivity contribution in [1.82, 2.24) is 14.7 Å². The molecule has 1 atom stereocenters. The number of furan rings is 1. The van der Waals surface area contributed by atoms with Gasteiger partial charge in [-0.25, -0.2) is 9.07 Å². The van der Waals surface area contributed by atoms with Gasteiger partial charge in [0.2, 0.25) is 5.43 Å². The van der Waals surface area contributed by atoms with Gasteiger partial charge in [0.1, 0.15) is 22.8 Å². The topological polar surface area (TPSA) is 68.3 Å². The number of amides is 1. The summed E-state index contributed by atoms with van der Waals surface area (Å²) in [4.78, 5) is 27.8. The number of carbonyl (C=O) groups is 1. The van der Waals surface area contributed by atoms with Crippen molar-refractivity contribution in [2.24, 2.45) is 0 Å². The molecule has 0 aliphatic rings. The second-order valence-electron chi connectivity index (χ2n) is 7.72. The first-order valence-electron chi connectivity index (χ1n) is 10.6. The van der Waals surface area contributed by atoms with E-state index in [2.05, 4.69) is 5.10 Å². The predicted molar refractivity (Wildman–Crippen MR) is 120 cm³/mol. The molecule has 32 heavy (non-hydrogen) atoms. The lowest BCUT2D eigenvalue weighted by atomic mass is 10.1. The Labute approximate surface area is 184 Å². The average Bonchev–Trinajstić information content (AvgIpc) is 3.22. The first kappa shape index (κ1) is 21.5. The van der Waals surface area contributed by atoms with Crippen molar-refractivity contribution in [2.75, 3.05) is 6.54 Å². The van der Waals surface area contributed by atoms with Crippen molar-refractivity contribution in [1.29, 1.82) is 0 Å². The third kappa shape index (κ3) is 3.93. The number of aromatic nitrogens is 2. The Morgan fingerprint density at radius 3 is 2.59 bits per heavy atom. The van der Waals surface area contributed by atoms with E-state index in [0.717, 1.165) is 11.0 Å². The molecule has 1 amide bonds. The zero-order valence-corrected chi connectivity index (χ0v) is 18.2. The molecule has 2 aromatic heterocycles. The molecule has 4 rings (SSSR count). The highest BCUT2D eigenvalue weighted by atomic mass is 19.1. The fourth-order valence-corrected chi connectivity index (χ4v) is 3.77. The van der Waals surface area contributed by atoms with Crippen LogP contribution in [0.3, 0.4) is 0 Å². The molecule has 1 unspecified atom stereocenters. The molecule has 164 valence electrons. The normalized spacial score (nSPS) is 12.1. The Bertz CT molecular complexity index is 1310. The molecular formula is C25H24FN3O3. The quantitative estimate of drug-likeness (QED) is 0.427. The Morgan fingerprint density at radius 2 is 1.88 bits per heavy atom. The first-order chi connectivity index (χ1) is 15.4. The largest absolute Gasteiger partial charge is 0.459 e. The predicted octanol–water partition coefficient (Wildman–Crippen LogP) is 5.04. The minimum Gasteiger partial charge on any atom is -0.459 e. The van der Waals surface area contributed by atoms with Crippen LogP contribution in [0.1, 0.15) is 48.3 Å². The maximum atomic E-state index is 14.4. The van der Waals surface area contributed by atoms with Gasteiger partial charge in [0.25, 0.3) is 5.91 Å². The zero-order valence-electron chi connectivity index (χ0n) is 18.2. The second kappa shape index (κ2) is 8.78. The minimum absolute atomic E-state index is 0.173. The zero-order chi connectivity index (χ0) is 22.8. The summed E-state index contributed by atoms with van der Waals surface area (Å²) in [5.41, 5.74) is 0.581. The molecule has 0 bridgehead atoms. The van der Waals surface area contributed by atoms with E-state index in [1.54, 1.807) is 30.0 Å². The molecule has 0 saturated carbocycles. The Morgan fingerprint density at radius 1 is 1.16 bits per heavy atom. The lowest BCUT2D eigenvalue weighted by Gasteiger charge is -2.27. The van der Waals surface area contributed by atoms with Gasteiger partial charge in [0.05, 0.1) is 6.04 Å². The Hall–Kier alpha value is -3.74. The summed E-state index contributed by atoms with van der Waals surface area (Å²) < 4.78 is 21.6. The minimum atomic E-state index is -0.519. The van der Waals surface area contributed by atoms with Crippen molar-refractivity contribution in [3.63, 3.8) is 0 Å². The van der Waals surface area contributed by atoms with Crippen LogP contribution in [-0.4, -0.2) is 27.1 Å². The van der Waals surface area contributed by atoms with Crippen molar-refractivity contribution < 1.29 is 13.6 Å². The number of halogens is 1. The molecule has 0 spiro atoms. The van der Waals surface area contributed by atoms with Crippen LogP contribution < -0.4 is 5.43 Å². The Balaban J connectivity index is 1.75. The molecule has 0 saturated heterocycles. The highest BCUT2D eigenvalue weighted by Gasteiger charge is 2.28. The van der Waals surface area contributed by atoms with Gasteiger partial charge in [-0.3, -0.25) is 9.59 Å². The highest BCUT2D eigenvalue weighted by molar-refractivity contribution is 5.92. The van der Waals surface area contributed by atoms with Crippen molar-refractivity contribution in [3.8, 4) is 5.69 Å². The second-order valence-corrected chi connectivity index (χ2v) is 7.72. The number of benzene rings is 2. The summed E-state index contributed by atoms with van der Waals surface area (Å²) in [6.07, 6.45) is 0.684. The number of aryl methyl sites for hydroxylation is 1. The van der Waals surface area contributed by atoms with Crippen LogP contribution in [0.15, 0.2) is 69.9 Å². The Kier molecular flexibility index (Phi) is 5.90.